The van der Waals surface area contributed by atoms with Crippen LogP contribution >= 0.6 is 11.3 Å². The zero-order valence-electron chi connectivity index (χ0n) is 13.1. The molecule has 1 N–H and O–H groups in total. The molecule has 3 rings (SSSR count). The van der Waals surface area contributed by atoms with Gasteiger partial charge in [-0.15, -0.1) is 11.3 Å². The number of fused-ring (bicyclic) bond motifs is 1. The number of ketones is 1. The lowest BCUT2D eigenvalue weighted by Gasteiger charge is -2.11. The van der Waals surface area contributed by atoms with Crippen LogP contribution in [0.1, 0.15) is 47.4 Å². The molecule has 0 saturated heterocycles. The summed E-state index contributed by atoms with van der Waals surface area (Å²) < 4.78 is 18.4. The molecule has 0 aliphatic carbocycles. The first kappa shape index (κ1) is 16.3. The van der Waals surface area contributed by atoms with Crippen LogP contribution in [0.3, 0.4) is 0 Å². The number of carbonyl (C=O) groups is 2. The van der Waals surface area contributed by atoms with Crippen molar-refractivity contribution < 1.29 is 18.7 Å². The summed E-state index contributed by atoms with van der Waals surface area (Å²) in [5.74, 6) is -1.00. The molecule has 2 aromatic heterocycles. The van der Waals surface area contributed by atoms with Gasteiger partial charge in [-0.05, 0) is 24.6 Å². The average molecular weight is 346 g/mol. The Kier molecular flexibility index (Phi) is 4.44. The largest absolute Gasteiger partial charge is 0.456 e. The average Bonchev–Trinajstić information content (AvgIpc) is 3.18. The molecule has 0 bridgehead atoms. The molecule has 7 heteroatoms. The van der Waals surface area contributed by atoms with Gasteiger partial charge in [-0.3, -0.25) is 9.59 Å². The van der Waals surface area contributed by atoms with Crippen LogP contribution in [0.4, 0.5) is 4.39 Å². The van der Waals surface area contributed by atoms with E-state index < -0.39 is 6.10 Å². The van der Waals surface area contributed by atoms with E-state index in [-0.39, 0.29) is 17.6 Å². The van der Waals surface area contributed by atoms with Crippen LogP contribution < -0.4 is 0 Å². The summed E-state index contributed by atoms with van der Waals surface area (Å²) in [5.41, 5.74) is 1.56. The van der Waals surface area contributed by atoms with E-state index in [2.05, 4.69) is 9.97 Å². The van der Waals surface area contributed by atoms with E-state index in [1.165, 1.54) is 30.4 Å². The van der Waals surface area contributed by atoms with Gasteiger partial charge in [0.05, 0.1) is 11.3 Å². The summed E-state index contributed by atoms with van der Waals surface area (Å²) in [6, 6.07) is 4.22. The summed E-state index contributed by atoms with van der Waals surface area (Å²) in [6.07, 6.45) is 1.66. The third-order valence-corrected chi connectivity index (χ3v) is 4.47. The molecule has 3 aromatic rings. The van der Waals surface area contributed by atoms with Gasteiger partial charge in [0.15, 0.2) is 5.01 Å². The van der Waals surface area contributed by atoms with Crippen LogP contribution in [0, 0.1) is 5.82 Å². The summed E-state index contributed by atoms with van der Waals surface area (Å²) in [6.45, 7) is 3.22. The Hall–Kier alpha value is -2.54. The summed E-state index contributed by atoms with van der Waals surface area (Å²) in [7, 11) is 0. The molecule has 2 heterocycles. The van der Waals surface area contributed by atoms with Crippen molar-refractivity contribution in [2.75, 3.05) is 0 Å². The molecule has 1 aromatic carbocycles. The van der Waals surface area contributed by atoms with Gasteiger partial charge in [0, 0.05) is 29.4 Å². The highest BCUT2D eigenvalue weighted by Crippen LogP contribution is 2.27. The molecule has 5 nitrogen and oxygen atoms in total. The summed E-state index contributed by atoms with van der Waals surface area (Å²) >= 11 is 1.20. The number of esters is 1. The van der Waals surface area contributed by atoms with Crippen LogP contribution in [0.15, 0.2) is 29.8 Å². The first-order chi connectivity index (χ1) is 11.5. The summed E-state index contributed by atoms with van der Waals surface area (Å²) in [4.78, 5) is 31.0. The second-order valence-electron chi connectivity index (χ2n) is 5.31. The molecular weight excluding hydrogens is 331 g/mol. The minimum atomic E-state index is -0.461. The number of nitrogens with zero attached hydrogens (tertiary/aromatic N) is 1. The van der Waals surface area contributed by atoms with Crippen molar-refractivity contribution in [1.29, 1.82) is 0 Å². The second kappa shape index (κ2) is 6.52. The van der Waals surface area contributed by atoms with Gasteiger partial charge in [0.2, 0.25) is 5.78 Å². The lowest BCUT2D eigenvalue weighted by atomic mass is 10.1. The fraction of sp³-hybridized carbons (Fsp3) is 0.235. The Balaban J connectivity index is 1.91. The van der Waals surface area contributed by atoms with Gasteiger partial charge < -0.3 is 9.72 Å². The zero-order valence-corrected chi connectivity index (χ0v) is 13.9. The van der Waals surface area contributed by atoms with Crippen molar-refractivity contribution in [3.8, 4) is 0 Å². The van der Waals surface area contributed by atoms with Gasteiger partial charge >= 0.3 is 5.97 Å². The van der Waals surface area contributed by atoms with E-state index in [1.54, 1.807) is 17.6 Å². The smallest absolute Gasteiger partial charge is 0.303 e. The molecule has 0 aliphatic rings. The molecule has 1 atom stereocenters. The maximum Gasteiger partial charge on any atom is 0.303 e. The van der Waals surface area contributed by atoms with Gasteiger partial charge in [0.25, 0.3) is 0 Å². The fourth-order valence-electron chi connectivity index (χ4n) is 2.49. The molecule has 0 spiro atoms. The third-order valence-electron chi connectivity index (χ3n) is 3.61. The lowest BCUT2D eigenvalue weighted by molar-refractivity contribution is -0.147. The number of aromatic nitrogens is 2. The summed E-state index contributed by atoms with van der Waals surface area (Å²) in [5, 5.41) is 2.67. The van der Waals surface area contributed by atoms with E-state index in [0.29, 0.717) is 33.6 Å². The van der Waals surface area contributed by atoms with Crippen molar-refractivity contribution in [1.82, 2.24) is 9.97 Å². The van der Waals surface area contributed by atoms with Crippen molar-refractivity contribution >= 4 is 34.0 Å². The van der Waals surface area contributed by atoms with Crippen molar-refractivity contribution in [3.63, 3.8) is 0 Å². The molecule has 0 saturated carbocycles. The normalized spacial score (nSPS) is 12.3. The van der Waals surface area contributed by atoms with Crippen LogP contribution in [-0.4, -0.2) is 21.7 Å². The number of ether oxygens (including phenoxy) is 1. The Morgan fingerprint density at radius 3 is 2.92 bits per heavy atom. The highest BCUT2D eigenvalue weighted by molar-refractivity contribution is 7.12. The number of nitrogens with one attached hydrogen (secondary N) is 1. The number of benzene rings is 1. The Bertz CT molecular complexity index is 916. The maximum absolute atomic E-state index is 13.2. The molecule has 0 fully saturated rings. The molecule has 24 heavy (non-hydrogen) atoms. The van der Waals surface area contributed by atoms with Crippen LogP contribution in [0.25, 0.3) is 10.9 Å². The number of hydrogen-bond acceptors (Lipinski definition) is 5. The standard InChI is InChI=1S/C17H15FN2O3S/c1-3-15(23-9(2)21)14-8-24-17(20-14)16(22)12-7-19-13-6-10(18)4-5-11(12)13/h4-8,15,19H,3H2,1-2H3/t15-/m0/s1. The van der Waals surface area contributed by atoms with Gasteiger partial charge in [-0.1, -0.05) is 6.92 Å². The molecule has 124 valence electrons. The Labute approximate surface area is 141 Å². The molecule has 0 unspecified atom stereocenters. The predicted octanol–water partition coefficient (Wildman–Crippen LogP) is 4.01. The van der Waals surface area contributed by atoms with Crippen molar-refractivity contribution in [2.45, 2.75) is 26.4 Å². The number of halogens is 1. The quantitative estimate of drug-likeness (QED) is 0.560. The topological polar surface area (TPSA) is 72.1 Å². The highest BCUT2D eigenvalue weighted by atomic mass is 32.1. The van der Waals surface area contributed by atoms with E-state index >= 15 is 0 Å². The molecular formula is C17H15FN2O3S. The number of rotatable bonds is 5. The molecule has 0 aliphatic heterocycles. The zero-order chi connectivity index (χ0) is 17.3. The number of carbonyl (C=O) groups excluding carboxylic acids is 2. The highest BCUT2D eigenvalue weighted by Gasteiger charge is 2.21. The minimum absolute atomic E-state index is 0.248. The van der Waals surface area contributed by atoms with Gasteiger partial charge in [-0.2, -0.15) is 0 Å². The van der Waals surface area contributed by atoms with E-state index in [0.717, 1.165) is 0 Å². The number of hydrogen-bond donors (Lipinski definition) is 1. The van der Waals surface area contributed by atoms with E-state index in [9.17, 15) is 14.0 Å². The SMILES string of the molecule is CC[C@H](OC(C)=O)c1csc(C(=O)c2c[nH]c3cc(F)ccc23)n1. The number of aromatic amines is 1. The van der Waals surface area contributed by atoms with Crippen LogP contribution in [0.2, 0.25) is 0 Å². The van der Waals surface area contributed by atoms with Crippen molar-refractivity contribution in [3.05, 3.63) is 51.9 Å². The Morgan fingerprint density at radius 2 is 2.21 bits per heavy atom. The number of H-pyrrole nitrogens is 1. The Morgan fingerprint density at radius 1 is 1.42 bits per heavy atom. The first-order valence-electron chi connectivity index (χ1n) is 7.43. The van der Waals surface area contributed by atoms with E-state index in [1.807, 2.05) is 6.92 Å². The molecule has 0 radical (unpaired) electrons. The minimum Gasteiger partial charge on any atom is -0.456 e. The van der Waals surface area contributed by atoms with Gasteiger partial charge in [-0.25, -0.2) is 9.37 Å². The lowest BCUT2D eigenvalue weighted by Crippen LogP contribution is -2.08. The maximum atomic E-state index is 13.2. The van der Waals surface area contributed by atoms with Crippen LogP contribution in [0.5, 0.6) is 0 Å². The van der Waals surface area contributed by atoms with E-state index in [4.69, 9.17) is 4.74 Å². The molecule has 0 amide bonds. The number of thiazole rings is 1. The predicted molar refractivity (Wildman–Crippen MR) is 88.6 cm³/mol. The fourth-order valence-corrected chi connectivity index (χ4v) is 3.30. The third kappa shape index (κ3) is 3.07. The van der Waals surface area contributed by atoms with Crippen LogP contribution in [-0.2, 0) is 9.53 Å². The van der Waals surface area contributed by atoms with Crippen molar-refractivity contribution in [2.24, 2.45) is 0 Å². The van der Waals surface area contributed by atoms with Gasteiger partial charge in [0.1, 0.15) is 11.9 Å². The monoisotopic (exact) mass is 346 g/mol. The second-order valence-corrected chi connectivity index (χ2v) is 6.16. The first-order valence-corrected chi connectivity index (χ1v) is 8.31.